The second-order valence-corrected chi connectivity index (χ2v) is 7.70. The van der Waals surface area contributed by atoms with E-state index in [1.54, 1.807) is 0 Å². The van der Waals surface area contributed by atoms with E-state index >= 15 is 0 Å². The summed E-state index contributed by atoms with van der Waals surface area (Å²) in [6.45, 7) is 4.58. The van der Waals surface area contributed by atoms with Crippen LogP contribution in [0.1, 0.15) is 37.9 Å². The fourth-order valence-corrected chi connectivity index (χ4v) is 3.54. The third kappa shape index (κ3) is 5.55. The van der Waals surface area contributed by atoms with Gasteiger partial charge in [0.15, 0.2) is 0 Å². The SMILES string of the molecule is C#CC(C)(CCCc1cccc(Oc2ccccc2)n1)c1ccc(OCC)c(Cl)c1. The highest BCUT2D eigenvalue weighted by Gasteiger charge is 2.24. The first-order chi connectivity index (χ1) is 14.5. The van der Waals surface area contributed by atoms with Crippen molar-refractivity contribution in [3.8, 4) is 29.7 Å². The van der Waals surface area contributed by atoms with Gasteiger partial charge < -0.3 is 9.47 Å². The third-order valence-corrected chi connectivity index (χ3v) is 5.34. The molecular weight excluding hydrogens is 394 g/mol. The van der Waals surface area contributed by atoms with Gasteiger partial charge in [-0.1, -0.05) is 47.9 Å². The van der Waals surface area contributed by atoms with Crippen LogP contribution in [0.3, 0.4) is 0 Å². The molecule has 3 rings (SSSR count). The maximum atomic E-state index is 6.37. The molecule has 0 saturated carbocycles. The van der Waals surface area contributed by atoms with Crippen molar-refractivity contribution < 1.29 is 9.47 Å². The molecule has 3 nitrogen and oxygen atoms in total. The van der Waals surface area contributed by atoms with Crippen LogP contribution in [0.5, 0.6) is 17.4 Å². The highest BCUT2D eigenvalue weighted by molar-refractivity contribution is 6.32. The molecule has 1 heterocycles. The van der Waals surface area contributed by atoms with E-state index in [1.807, 2.05) is 73.7 Å². The van der Waals surface area contributed by atoms with Crippen LogP contribution in [0.25, 0.3) is 0 Å². The number of aromatic nitrogens is 1. The van der Waals surface area contributed by atoms with E-state index in [0.717, 1.165) is 36.3 Å². The maximum Gasteiger partial charge on any atom is 0.219 e. The molecule has 3 aromatic rings. The minimum atomic E-state index is -0.410. The highest BCUT2D eigenvalue weighted by atomic mass is 35.5. The van der Waals surface area contributed by atoms with Crippen molar-refractivity contribution in [2.75, 3.05) is 6.61 Å². The molecule has 2 aromatic carbocycles. The van der Waals surface area contributed by atoms with Crippen LogP contribution in [0.2, 0.25) is 5.02 Å². The quantitative estimate of drug-likeness (QED) is 0.356. The Morgan fingerprint density at radius 2 is 1.87 bits per heavy atom. The molecule has 0 amide bonds. The van der Waals surface area contributed by atoms with Gasteiger partial charge in [0.2, 0.25) is 5.88 Å². The molecule has 0 radical (unpaired) electrons. The summed E-state index contributed by atoms with van der Waals surface area (Å²) >= 11 is 6.37. The largest absolute Gasteiger partial charge is 0.492 e. The number of ether oxygens (including phenoxy) is 2. The van der Waals surface area contributed by atoms with E-state index < -0.39 is 5.41 Å². The molecule has 1 unspecified atom stereocenters. The number of hydrogen-bond acceptors (Lipinski definition) is 3. The summed E-state index contributed by atoms with van der Waals surface area (Å²) in [6, 6.07) is 21.3. The number of nitrogens with zero attached hydrogens (tertiary/aromatic N) is 1. The van der Waals surface area contributed by atoms with Gasteiger partial charge in [-0.25, -0.2) is 4.98 Å². The Bertz CT molecular complexity index is 1010. The smallest absolute Gasteiger partial charge is 0.219 e. The summed E-state index contributed by atoms with van der Waals surface area (Å²) in [7, 11) is 0. The number of rotatable bonds is 9. The van der Waals surface area contributed by atoms with Gasteiger partial charge in [-0.2, -0.15) is 0 Å². The van der Waals surface area contributed by atoms with Gasteiger partial charge in [-0.3, -0.25) is 0 Å². The molecule has 0 bridgehead atoms. The second kappa shape index (κ2) is 10.2. The van der Waals surface area contributed by atoms with E-state index in [4.69, 9.17) is 27.5 Å². The summed E-state index contributed by atoms with van der Waals surface area (Å²) in [6.07, 6.45) is 8.44. The van der Waals surface area contributed by atoms with Gasteiger partial charge in [0.25, 0.3) is 0 Å². The number of para-hydroxylation sites is 1. The molecule has 30 heavy (non-hydrogen) atoms. The zero-order valence-corrected chi connectivity index (χ0v) is 18.2. The van der Waals surface area contributed by atoms with Crippen LogP contribution >= 0.6 is 11.6 Å². The van der Waals surface area contributed by atoms with Crippen molar-refractivity contribution in [2.45, 2.75) is 38.5 Å². The molecule has 0 saturated heterocycles. The summed E-state index contributed by atoms with van der Waals surface area (Å²) in [4.78, 5) is 4.62. The fraction of sp³-hybridized carbons (Fsp3) is 0.269. The lowest BCUT2D eigenvalue weighted by Crippen LogP contribution is -2.20. The van der Waals surface area contributed by atoms with Gasteiger partial charge in [0.1, 0.15) is 11.5 Å². The zero-order chi connectivity index (χ0) is 21.4. The van der Waals surface area contributed by atoms with Crippen molar-refractivity contribution >= 4 is 11.6 Å². The Balaban J connectivity index is 1.64. The lowest BCUT2D eigenvalue weighted by Gasteiger charge is -2.25. The minimum Gasteiger partial charge on any atom is -0.492 e. The number of pyridine rings is 1. The normalized spacial score (nSPS) is 12.6. The molecule has 0 aliphatic rings. The standard InChI is InChI=1S/C26H26ClNO2/c1-4-26(3,20-16-17-24(29-5-2)23(27)19-20)18-10-12-21-11-9-15-25(28-21)30-22-13-7-6-8-14-22/h1,6-9,11,13-17,19H,5,10,12,18H2,2-3H3. The molecule has 0 fully saturated rings. The zero-order valence-electron chi connectivity index (χ0n) is 17.4. The molecule has 0 spiro atoms. The summed E-state index contributed by atoms with van der Waals surface area (Å²) in [5.74, 6) is 5.01. The van der Waals surface area contributed by atoms with E-state index in [-0.39, 0.29) is 0 Å². The highest BCUT2D eigenvalue weighted by Crippen LogP contribution is 2.34. The molecule has 154 valence electrons. The average Bonchev–Trinajstić information content (AvgIpc) is 2.76. The van der Waals surface area contributed by atoms with Crippen molar-refractivity contribution in [1.82, 2.24) is 4.98 Å². The van der Waals surface area contributed by atoms with Crippen LogP contribution in [0, 0.1) is 12.3 Å². The van der Waals surface area contributed by atoms with Gasteiger partial charge in [-0.15, -0.1) is 6.42 Å². The molecule has 1 aromatic heterocycles. The lowest BCUT2D eigenvalue weighted by molar-refractivity contribution is 0.340. The van der Waals surface area contributed by atoms with Crippen LogP contribution in [0.4, 0.5) is 0 Å². The third-order valence-electron chi connectivity index (χ3n) is 5.04. The van der Waals surface area contributed by atoms with E-state index in [2.05, 4.69) is 17.8 Å². The van der Waals surface area contributed by atoms with E-state index in [1.165, 1.54) is 0 Å². The average molecular weight is 420 g/mol. The van der Waals surface area contributed by atoms with Gasteiger partial charge in [0.05, 0.1) is 17.0 Å². The number of terminal acetylenes is 1. The number of aryl methyl sites for hydroxylation is 1. The van der Waals surface area contributed by atoms with Gasteiger partial charge in [0, 0.05) is 11.8 Å². The van der Waals surface area contributed by atoms with Crippen LogP contribution < -0.4 is 9.47 Å². The lowest BCUT2D eigenvalue weighted by atomic mass is 9.79. The van der Waals surface area contributed by atoms with Crippen LogP contribution in [0.15, 0.2) is 66.7 Å². The van der Waals surface area contributed by atoms with E-state index in [9.17, 15) is 0 Å². The van der Waals surface area contributed by atoms with Crippen molar-refractivity contribution in [2.24, 2.45) is 0 Å². The van der Waals surface area contributed by atoms with Crippen molar-refractivity contribution in [1.29, 1.82) is 0 Å². The molecule has 0 N–H and O–H groups in total. The monoisotopic (exact) mass is 419 g/mol. The Morgan fingerprint density at radius 1 is 1.07 bits per heavy atom. The molecule has 0 aliphatic carbocycles. The van der Waals surface area contributed by atoms with Gasteiger partial charge in [-0.05, 0) is 69.0 Å². The first-order valence-corrected chi connectivity index (χ1v) is 10.5. The Kier molecular flexibility index (Phi) is 7.38. The fourth-order valence-electron chi connectivity index (χ4n) is 3.30. The predicted octanol–water partition coefficient (Wildman–Crippen LogP) is 6.84. The Hall–Kier alpha value is -2.96. The predicted molar refractivity (Wildman–Crippen MR) is 122 cm³/mol. The summed E-state index contributed by atoms with van der Waals surface area (Å²) in [5.41, 5.74) is 1.59. The topological polar surface area (TPSA) is 31.4 Å². The summed E-state index contributed by atoms with van der Waals surface area (Å²) < 4.78 is 11.4. The number of hydrogen-bond donors (Lipinski definition) is 0. The second-order valence-electron chi connectivity index (χ2n) is 7.29. The first kappa shape index (κ1) is 21.7. The van der Waals surface area contributed by atoms with Crippen LogP contribution in [-0.4, -0.2) is 11.6 Å². The van der Waals surface area contributed by atoms with Crippen molar-refractivity contribution in [3.05, 3.63) is 83.0 Å². The van der Waals surface area contributed by atoms with Gasteiger partial charge >= 0.3 is 0 Å². The molecule has 4 heteroatoms. The number of halogens is 1. The first-order valence-electron chi connectivity index (χ1n) is 10.1. The molecule has 0 aliphatic heterocycles. The molecular formula is C26H26ClNO2. The minimum absolute atomic E-state index is 0.410. The number of benzene rings is 2. The van der Waals surface area contributed by atoms with Crippen LogP contribution in [-0.2, 0) is 11.8 Å². The van der Waals surface area contributed by atoms with E-state index in [0.29, 0.717) is 23.3 Å². The Morgan fingerprint density at radius 3 is 2.57 bits per heavy atom. The summed E-state index contributed by atoms with van der Waals surface area (Å²) in [5, 5.41) is 0.586. The van der Waals surface area contributed by atoms with Crippen molar-refractivity contribution in [3.63, 3.8) is 0 Å². The maximum absolute atomic E-state index is 6.37. The Labute approximate surface area is 184 Å². The molecule has 1 atom stereocenters.